The molecule has 2 aromatic rings. The lowest BCUT2D eigenvalue weighted by molar-refractivity contribution is -0.235. The summed E-state index contributed by atoms with van der Waals surface area (Å²) in [6.07, 6.45) is -7.06. The molecule has 1 fully saturated rings. The highest BCUT2D eigenvalue weighted by atomic mass is 16.6. The molecule has 0 spiro atoms. The molecule has 4 rings (SSSR count). The van der Waals surface area contributed by atoms with Crippen molar-refractivity contribution in [2.45, 2.75) is 30.5 Å². The zero-order chi connectivity index (χ0) is 23.2. The SMILES string of the molecule is COc1c(O)cc2c(c1O)C1O[C@H](COC(=O)c3ccc(O)cc3)[C@@H](O)[C@H](O)C1OC2=O. The van der Waals surface area contributed by atoms with Crippen LogP contribution in [-0.2, 0) is 14.2 Å². The lowest BCUT2D eigenvalue weighted by atomic mass is 9.86. The van der Waals surface area contributed by atoms with E-state index in [4.69, 9.17) is 18.9 Å². The molecule has 2 aliphatic heterocycles. The molecule has 2 aliphatic rings. The molecule has 0 amide bonds. The average Bonchev–Trinajstić information content (AvgIpc) is 2.76. The molecule has 1 saturated heterocycles. The van der Waals surface area contributed by atoms with Crippen LogP contribution in [0.5, 0.6) is 23.0 Å². The van der Waals surface area contributed by atoms with Crippen molar-refractivity contribution in [3.63, 3.8) is 0 Å². The fraction of sp³-hybridized carbons (Fsp3) is 0.333. The third-order valence-corrected chi connectivity index (χ3v) is 5.39. The highest BCUT2D eigenvalue weighted by Gasteiger charge is 2.52. The molecule has 0 bridgehead atoms. The van der Waals surface area contributed by atoms with Crippen LogP contribution in [0.1, 0.15) is 32.4 Å². The molecule has 0 aliphatic carbocycles. The number of carbonyl (C=O) groups excluding carboxylic acids is 2. The summed E-state index contributed by atoms with van der Waals surface area (Å²) in [7, 11) is 1.20. The summed E-state index contributed by atoms with van der Waals surface area (Å²) < 4.78 is 21.1. The van der Waals surface area contributed by atoms with Crippen molar-refractivity contribution in [3.8, 4) is 23.0 Å². The molecule has 2 heterocycles. The lowest BCUT2D eigenvalue weighted by Gasteiger charge is -2.44. The number of esters is 2. The summed E-state index contributed by atoms with van der Waals surface area (Å²) in [5.74, 6) is -3.14. The van der Waals surface area contributed by atoms with Crippen molar-refractivity contribution in [3.05, 3.63) is 47.0 Å². The number of carbonyl (C=O) groups is 2. The van der Waals surface area contributed by atoms with Gasteiger partial charge in [0.15, 0.2) is 17.6 Å². The highest BCUT2D eigenvalue weighted by molar-refractivity contribution is 5.95. The first kappa shape index (κ1) is 21.7. The van der Waals surface area contributed by atoms with Crippen molar-refractivity contribution in [2.75, 3.05) is 13.7 Å². The molecule has 32 heavy (non-hydrogen) atoms. The number of rotatable bonds is 4. The van der Waals surface area contributed by atoms with Crippen LogP contribution in [0.4, 0.5) is 0 Å². The molecule has 0 aromatic heterocycles. The van der Waals surface area contributed by atoms with Gasteiger partial charge in [0, 0.05) is 5.56 Å². The minimum atomic E-state index is -1.62. The summed E-state index contributed by atoms with van der Waals surface area (Å²) in [4.78, 5) is 24.6. The number of phenols is 3. The minimum absolute atomic E-state index is 0.0338. The van der Waals surface area contributed by atoms with Crippen molar-refractivity contribution >= 4 is 11.9 Å². The number of benzene rings is 2. The van der Waals surface area contributed by atoms with Gasteiger partial charge in [0.2, 0.25) is 5.75 Å². The Kier molecular flexibility index (Phi) is 5.55. The summed E-state index contributed by atoms with van der Waals surface area (Å²) in [6.45, 7) is -0.472. The largest absolute Gasteiger partial charge is 0.508 e. The Morgan fingerprint density at radius 3 is 2.44 bits per heavy atom. The maximum absolute atomic E-state index is 12.4. The highest BCUT2D eigenvalue weighted by Crippen LogP contribution is 2.49. The molecule has 11 nitrogen and oxygen atoms in total. The van der Waals surface area contributed by atoms with Gasteiger partial charge in [-0.15, -0.1) is 0 Å². The summed E-state index contributed by atoms with van der Waals surface area (Å²) >= 11 is 0. The number of hydrogen-bond acceptors (Lipinski definition) is 11. The van der Waals surface area contributed by atoms with Gasteiger partial charge in [0.25, 0.3) is 0 Å². The van der Waals surface area contributed by atoms with Crippen LogP contribution < -0.4 is 4.74 Å². The smallest absolute Gasteiger partial charge is 0.339 e. The zero-order valence-electron chi connectivity index (χ0n) is 16.7. The van der Waals surface area contributed by atoms with Crippen LogP contribution in [0, 0.1) is 0 Å². The fourth-order valence-electron chi connectivity index (χ4n) is 3.78. The van der Waals surface area contributed by atoms with E-state index < -0.39 is 60.6 Å². The summed E-state index contributed by atoms with van der Waals surface area (Å²) in [5, 5.41) is 50.8. The number of phenolic OH excluding ortho intramolecular Hbond substituents is 3. The van der Waals surface area contributed by atoms with Gasteiger partial charge in [0.05, 0.1) is 18.2 Å². The number of aliphatic hydroxyl groups excluding tert-OH is 2. The zero-order valence-corrected chi connectivity index (χ0v) is 16.7. The number of hydrogen-bond donors (Lipinski definition) is 5. The van der Waals surface area contributed by atoms with E-state index in [9.17, 15) is 35.1 Å². The molecule has 5 N–H and O–H groups in total. The monoisotopic (exact) mass is 448 g/mol. The van der Waals surface area contributed by atoms with Crippen molar-refractivity contribution in [2.24, 2.45) is 0 Å². The van der Waals surface area contributed by atoms with Gasteiger partial charge < -0.3 is 44.5 Å². The molecule has 170 valence electrons. The Morgan fingerprint density at radius 1 is 1.09 bits per heavy atom. The number of fused-ring (bicyclic) bond motifs is 3. The molecule has 0 radical (unpaired) electrons. The predicted octanol–water partition coefficient (Wildman–Crippen LogP) is 0.370. The predicted molar refractivity (Wildman–Crippen MR) is 104 cm³/mol. The molecular formula is C21H20O11. The maximum Gasteiger partial charge on any atom is 0.339 e. The molecule has 2 unspecified atom stereocenters. The normalized spacial score (nSPS) is 26.5. The standard InChI is InChI=1S/C21H20O11/c1-29-17-11(23)6-10-13(15(17)25)18-19(32-21(10)28)16(26)14(24)12(31-18)7-30-20(27)8-2-4-9(22)5-3-8/h2-6,12,14,16,18-19,22-26H,7H2,1H3/t12-,14-,16+,18?,19?/m1/s1. The first-order chi connectivity index (χ1) is 15.2. The molecular weight excluding hydrogens is 428 g/mol. The van der Waals surface area contributed by atoms with E-state index in [0.29, 0.717) is 0 Å². The van der Waals surface area contributed by atoms with Crippen LogP contribution in [-0.4, -0.2) is 75.6 Å². The van der Waals surface area contributed by atoms with Crippen LogP contribution in [0.2, 0.25) is 0 Å². The van der Waals surface area contributed by atoms with Crippen LogP contribution in [0.3, 0.4) is 0 Å². The van der Waals surface area contributed by atoms with E-state index in [2.05, 4.69) is 0 Å². The maximum atomic E-state index is 12.4. The van der Waals surface area contributed by atoms with Gasteiger partial charge in [-0.25, -0.2) is 9.59 Å². The van der Waals surface area contributed by atoms with Gasteiger partial charge in [-0.05, 0) is 30.3 Å². The number of methoxy groups -OCH3 is 1. The number of aliphatic hydroxyl groups is 2. The van der Waals surface area contributed by atoms with E-state index in [1.807, 2.05) is 0 Å². The van der Waals surface area contributed by atoms with E-state index in [-0.39, 0.29) is 28.2 Å². The lowest BCUT2D eigenvalue weighted by Crippen LogP contribution is -2.58. The summed E-state index contributed by atoms with van der Waals surface area (Å²) in [5.41, 5.74) is -0.159. The summed E-state index contributed by atoms with van der Waals surface area (Å²) in [6, 6.07) is 6.32. The van der Waals surface area contributed by atoms with E-state index in [1.54, 1.807) is 0 Å². The molecule has 5 atom stereocenters. The van der Waals surface area contributed by atoms with E-state index in [1.165, 1.54) is 31.4 Å². The number of ether oxygens (including phenoxy) is 4. The first-order valence-corrected chi connectivity index (χ1v) is 9.54. The fourth-order valence-corrected chi connectivity index (χ4v) is 3.78. The van der Waals surface area contributed by atoms with Crippen LogP contribution in [0.15, 0.2) is 30.3 Å². The Morgan fingerprint density at radius 2 is 1.78 bits per heavy atom. The topological polar surface area (TPSA) is 172 Å². The Balaban J connectivity index is 1.60. The van der Waals surface area contributed by atoms with Crippen LogP contribution in [0.25, 0.3) is 0 Å². The first-order valence-electron chi connectivity index (χ1n) is 9.54. The average molecular weight is 448 g/mol. The van der Waals surface area contributed by atoms with Crippen LogP contribution >= 0.6 is 0 Å². The van der Waals surface area contributed by atoms with Crippen molar-refractivity contribution < 1.29 is 54.1 Å². The second-order valence-electron chi connectivity index (χ2n) is 7.33. The minimum Gasteiger partial charge on any atom is -0.508 e. The second kappa shape index (κ2) is 8.19. The quantitative estimate of drug-likeness (QED) is 0.409. The van der Waals surface area contributed by atoms with Gasteiger partial charge in [-0.1, -0.05) is 0 Å². The molecule has 11 heteroatoms. The Labute approximate surface area is 181 Å². The third-order valence-electron chi connectivity index (χ3n) is 5.39. The Hall–Kier alpha value is -3.54. The van der Waals surface area contributed by atoms with E-state index >= 15 is 0 Å². The van der Waals surface area contributed by atoms with Gasteiger partial charge in [-0.3, -0.25) is 0 Å². The Bertz CT molecular complexity index is 1050. The third kappa shape index (κ3) is 3.55. The van der Waals surface area contributed by atoms with Gasteiger partial charge >= 0.3 is 11.9 Å². The molecule has 2 aromatic carbocycles. The van der Waals surface area contributed by atoms with Gasteiger partial charge in [0.1, 0.15) is 36.8 Å². The van der Waals surface area contributed by atoms with Crippen molar-refractivity contribution in [1.29, 1.82) is 0 Å². The van der Waals surface area contributed by atoms with E-state index in [0.717, 1.165) is 6.07 Å². The molecule has 0 saturated carbocycles. The van der Waals surface area contributed by atoms with Crippen molar-refractivity contribution in [1.82, 2.24) is 0 Å². The second-order valence-corrected chi connectivity index (χ2v) is 7.33. The number of aromatic hydroxyl groups is 3. The van der Waals surface area contributed by atoms with Gasteiger partial charge in [-0.2, -0.15) is 0 Å².